The van der Waals surface area contributed by atoms with Crippen LogP contribution in [-0.2, 0) is 21.3 Å². The molecule has 7 aromatic carbocycles. The van der Waals surface area contributed by atoms with Crippen molar-refractivity contribution in [1.82, 2.24) is 0 Å². The minimum Gasteiger partial charge on any atom is -0.378 e. The SMILES string of the molecule is Cc1ccc(N(c2ccc(CC(C)C)cc2)c2ccc(-c3ccc4c(c3)C(c3ccc(N5CCOCC5)cc3)(c3ccc(N5CCOCC5)cc3)c3cc(C)ccc3-4)cc2)cc1. The molecule has 10 rings (SSSR count). The lowest BCUT2D eigenvalue weighted by Gasteiger charge is -2.36. The van der Waals surface area contributed by atoms with Crippen molar-refractivity contribution in [2.24, 2.45) is 5.92 Å². The van der Waals surface area contributed by atoms with Crippen LogP contribution in [0.1, 0.15) is 52.8 Å². The van der Waals surface area contributed by atoms with Gasteiger partial charge in [-0.1, -0.05) is 116 Å². The Bertz CT molecular complexity index is 2580. The van der Waals surface area contributed by atoms with Crippen LogP contribution in [0.15, 0.2) is 158 Å². The van der Waals surface area contributed by atoms with Gasteiger partial charge in [-0.3, -0.25) is 0 Å². The second-order valence-corrected chi connectivity index (χ2v) is 17.8. The molecule has 1 aliphatic carbocycles. The van der Waals surface area contributed by atoms with Crippen LogP contribution in [0, 0.1) is 19.8 Å². The first-order valence-corrected chi connectivity index (χ1v) is 22.5. The number of fused-ring (bicyclic) bond motifs is 3. The largest absolute Gasteiger partial charge is 0.378 e. The van der Waals surface area contributed by atoms with E-state index >= 15 is 0 Å². The van der Waals surface area contributed by atoms with E-state index in [0.717, 1.165) is 76.1 Å². The molecule has 0 N–H and O–H groups in total. The maximum Gasteiger partial charge on any atom is 0.0713 e. The Kier molecular flexibility index (Phi) is 10.9. The zero-order valence-electron chi connectivity index (χ0n) is 36.6. The van der Waals surface area contributed by atoms with E-state index < -0.39 is 5.41 Å². The Hall–Kier alpha value is -6.14. The number of anilines is 5. The molecule has 5 nitrogen and oxygen atoms in total. The second kappa shape index (κ2) is 17.0. The van der Waals surface area contributed by atoms with Crippen molar-refractivity contribution >= 4 is 28.4 Å². The third-order valence-corrected chi connectivity index (χ3v) is 13.2. The van der Waals surface area contributed by atoms with Crippen molar-refractivity contribution in [2.45, 2.75) is 39.5 Å². The summed E-state index contributed by atoms with van der Waals surface area (Å²) in [4.78, 5) is 7.26. The number of morpholine rings is 2. The number of rotatable bonds is 10. The summed E-state index contributed by atoms with van der Waals surface area (Å²) in [5.41, 5.74) is 19.5. The highest BCUT2D eigenvalue weighted by molar-refractivity contribution is 5.89. The van der Waals surface area contributed by atoms with Gasteiger partial charge in [-0.25, -0.2) is 0 Å². The van der Waals surface area contributed by atoms with E-state index in [1.165, 1.54) is 72.6 Å². The Morgan fingerprint density at radius 3 is 1.44 bits per heavy atom. The molecule has 7 aromatic rings. The molecule has 312 valence electrons. The highest BCUT2D eigenvalue weighted by atomic mass is 16.5. The van der Waals surface area contributed by atoms with Crippen LogP contribution >= 0.6 is 0 Å². The maximum absolute atomic E-state index is 5.71. The smallest absolute Gasteiger partial charge is 0.0713 e. The van der Waals surface area contributed by atoms with Gasteiger partial charge in [0.05, 0.1) is 31.8 Å². The topological polar surface area (TPSA) is 28.2 Å². The van der Waals surface area contributed by atoms with E-state index in [4.69, 9.17) is 9.47 Å². The molecule has 0 aromatic heterocycles. The van der Waals surface area contributed by atoms with E-state index in [1.807, 2.05) is 0 Å². The molecule has 62 heavy (non-hydrogen) atoms. The van der Waals surface area contributed by atoms with E-state index in [1.54, 1.807) is 0 Å². The quantitative estimate of drug-likeness (QED) is 0.137. The predicted molar refractivity (Wildman–Crippen MR) is 258 cm³/mol. The Morgan fingerprint density at radius 1 is 0.484 bits per heavy atom. The van der Waals surface area contributed by atoms with E-state index in [9.17, 15) is 0 Å². The fourth-order valence-corrected chi connectivity index (χ4v) is 10.1. The van der Waals surface area contributed by atoms with Crippen LogP contribution in [0.2, 0.25) is 0 Å². The zero-order chi connectivity index (χ0) is 42.2. The van der Waals surface area contributed by atoms with Crippen molar-refractivity contribution in [1.29, 1.82) is 0 Å². The first-order valence-electron chi connectivity index (χ1n) is 22.5. The van der Waals surface area contributed by atoms with Crippen molar-refractivity contribution in [3.63, 3.8) is 0 Å². The average Bonchev–Trinajstić information content (AvgIpc) is 3.60. The van der Waals surface area contributed by atoms with Gasteiger partial charge in [0.25, 0.3) is 0 Å². The van der Waals surface area contributed by atoms with Gasteiger partial charge in [0.15, 0.2) is 0 Å². The summed E-state index contributed by atoms with van der Waals surface area (Å²) >= 11 is 0. The number of hydrogen-bond acceptors (Lipinski definition) is 5. The molecule has 0 saturated carbocycles. The van der Waals surface area contributed by atoms with Gasteiger partial charge in [-0.15, -0.1) is 0 Å². The molecule has 2 aliphatic heterocycles. The van der Waals surface area contributed by atoms with Crippen molar-refractivity contribution in [2.75, 3.05) is 67.3 Å². The first-order chi connectivity index (χ1) is 30.3. The lowest BCUT2D eigenvalue weighted by molar-refractivity contribution is 0.122. The van der Waals surface area contributed by atoms with Crippen LogP contribution in [0.4, 0.5) is 28.4 Å². The van der Waals surface area contributed by atoms with Gasteiger partial charge in [-0.05, 0) is 143 Å². The lowest BCUT2D eigenvalue weighted by Crippen LogP contribution is -2.36. The van der Waals surface area contributed by atoms with Crippen LogP contribution in [0.3, 0.4) is 0 Å². The third kappa shape index (κ3) is 7.48. The molecule has 0 unspecified atom stereocenters. The van der Waals surface area contributed by atoms with Crippen LogP contribution < -0.4 is 14.7 Å². The third-order valence-electron chi connectivity index (χ3n) is 13.2. The van der Waals surface area contributed by atoms with Gasteiger partial charge in [0.1, 0.15) is 0 Å². The molecule has 5 heteroatoms. The summed E-state index contributed by atoms with van der Waals surface area (Å²) in [6, 6.07) is 60.2. The highest BCUT2D eigenvalue weighted by Gasteiger charge is 2.46. The zero-order valence-corrected chi connectivity index (χ0v) is 36.6. The number of nitrogens with zero attached hydrogens (tertiary/aromatic N) is 3. The fourth-order valence-electron chi connectivity index (χ4n) is 10.1. The van der Waals surface area contributed by atoms with Crippen molar-refractivity contribution in [3.8, 4) is 22.3 Å². The van der Waals surface area contributed by atoms with Gasteiger partial charge in [0, 0.05) is 54.6 Å². The first kappa shape index (κ1) is 40.0. The van der Waals surface area contributed by atoms with Gasteiger partial charge < -0.3 is 24.2 Å². The second-order valence-electron chi connectivity index (χ2n) is 17.8. The molecular formula is C57H57N3O2. The lowest BCUT2D eigenvalue weighted by atomic mass is 9.67. The Labute approximate surface area is 368 Å². The van der Waals surface area contributed by atoms with Crippen molar-refractivity contribution < 1.29 is 9.47 Å². The summed E-state index contributed by atoms with van der Waals surface area (Å²) in [5.74, 6) is 0.617. The van der Waals surface area contributed by atoms with E-state index in [-0.39, 0.29) is 0 Å². The molecule has 2 fully saturated rings. The van der Waals surface area contributed by atoms with Gasteiger partial charge in [-0.2, -0.15) is 0 Å². The highest BCUT2D eigenvalue weighted by Crippen LogP contribution is 2.57. The number of benzene rings is 7. The molecular weight excluding hydrogens is 759 g/mol. The molecule has 0 amide bonds. The summed E-state index contributed by atoms with van der Waals surface area (Å²) in [6.45, 7) is 15.6. The predicted octanol–water partition coefficient (Wildman–Crippen LogP) is 12.7. The van der Waals surface area contributed by atoms with Crippen LogP contribution in [0.5, 0.6) is 0 Å². The molecule has 0 bridgehead atoms. The summed E-state index contributed by atoms with van der Waals surface area (Å²) in [6.07, 6.45) is 1.08. The summed E-state index contributed by atoms with van der Waals surface area (Å²) in [7, 11) is 0. The Balaban J connectivity index is 1.09. The van der Waals surface area contributed by atoms with Gasteiger partial charge in [0.2, 0.25) is 0 Å². The van der Waals surface area contributed by atoms with Crippen LogP contribution in [0.25, 0.3) is 22.3 Å². The van der Waals surface area contributed by atoms with Crippen molar-refractivity contribution in [3.05, 3.63) is 197 Å². The maximum atomic E-state index is 5.71. The number of ether oxygens (including phenoxy) is 2. The minimum atomic E-state index is -0.524. The molecule has 0 radical (unpaired) electrons. The molecule has 0 spiro atoms. The number of hydrogen-bond donors (Lipinski definition) is 0. The molecule has 2 saturated heterocycles. The standard InChI is InChI=1S/C57H57N3O2/c1-40(2)37-43-8-19-51(20-9-43)60(50-17-5-41(3)6-18-50)52-21-10-44(11-22-52)45-12-28-54-53-27-7-42(4)38-55(53)57(56(54)39-45,46-13-23-48(24-14-46)58-29-33-61-34-30-58)47-15-25-49(26-16-47)59-31-35-62-36-32-59/h5-28,38-40H,29-37H2,1-4H3. The number of aryl methyl sites for hydroxylation is 2. The molecule has 0 atom stereocenters. The molecule has 3 aliphatic rings. The summed E-state index contributed by atoms with van der Waals surface area (Å²) in [5, 5.41) is 0. The Morgan fingerprint density at radius 2 is 0.919 bits per heavy atom. The van der Waals surface area contributed by atoms with E-state index in [2.05, 4.69) is 200 Å². The summed E-state index contributed by atoms with van der Waals surface area (Å²) < 4.78 is 11.4. The normalized spacial score (nSPS) is 15.7. The minimum absolute atomic E-state index is 0.524. The monoisotopic (exact) mass is 815 g/mol. The fraction of sp³-hybridized carbons (Fsp3) is 0.263. The average molecular weight is 816 g/mol. The van der Waals surface area contributed by atoms with Gasteiger partial charge >= 0.3 is 0 Å². The molecule has 2 heterocycles. The van der Waals surface area contributed by atoms with Crippen LogP contribution in [-0.4, -0.2) is 52.6 Å². The van der Waals surface area contributed by atoms with E-state index in [0.29, 0.717) is 5.92 Å².